The number of hydrogen-bond donors (Lipinski definition) is 1. The molecule has 17 heavy (non-hydrogen) atoms. The molecule has 1 N–H and O–H groups in total. The Kier molecular flexibility index (Phi) is 3.08. The number of H-pyrrole nitrogens is 1. The molecule has 0 spiro atoms. The second-order valence-corrected chi connectivity index (χ2v) is 4.12. The SMILES string of the molecule is O=C(c1cn[nH]c1)N1CCC[C@@H](C(F)(F)F)C1. The summed E-state index contributed by atoms with van der Waals surface area (Å²) in [5.74, 6) is -1.81. The monoisotopic (exact) mass is 247 g/mol. The Morgan fingerprint density at radius 2 is 2.29 bits per heavy atom. The molecule has 7 heteroatoms. The van der Waals surface area contributed by atoms with E-state index < -0.39 is 18.0 Å². The Bertz CT molecular complexity index is 388. The lowest BCUT2D eigenvalue weighted by Crippen LogP contribution is -2.44. The highest BCUT2D eigenvalue weighted by atomic mass is 19.4. The molecule has 0 aromatic carbocycles. The predicted molar refractivity (Wildman–Crippen MR) is 53.3 cm³/mol. The third-order valence-corrected chi connectivity index (χ3v) is 2.92. The van der Waals surface area contributed by atoms with E-state index in [-0.39, 0.29) is 13.0 Å². The van der Waals surface area contributed by atoms with E-state index >= 15 is 0 Å². The maximum Gasteiger partial charge on any atom is 0.393 e. The first-order valence-electron chi connectivity index (χ1n) is 5.33. The first-order chi connectivity index (χ1) is 7.98. The molecule has 1 aliphatic heterocycles. The van der Waals surface area contributed by atoms with Crippen molar-refractivity contribution in [2.45, 2.75) is 19.0 Å². The van der Waals surface area contributed by atoms with Gasteiger partial charge in [0.2, 0.25) is 0 Å². The maximum atomic E-state index is 12.6. The van der Waals surface area contributed by atoms with Crippen molar-refractivity contribution in [3.05, 3.63) is 18.0 Å². The number of aromatic nitrogens is 2. The molecule has 1 aromatic rings. The number of likely N-dealkylation sites (tertiary alicyclic amines) is 1. The van der Waals surface area contributed by atoms with Crippen LogP contribution in [0.25, 0.3) is 0 Å². The number of halogens is 3. The number of alkyl halides is 3. The summed E-state index contributed by atoms with van der Waals surface area (Å²) < 4.78 is 37.7. The second-order valence-electron chi connectivity index (χ2n) is 4.12. The first kappa shape index (κ1) is 11.9. The van der Waals surface area contributed by atoms with Gasteiger partial charge >= 0.3 is 6.18 Å². The molecule has 1 aliphatic rings. The van der Waals surface area contributed by atoms with Gasteiger partial charge in [-0.3, -0.25) is 9.89 Å². The molecule has 1 amide bonds. The van der Waals surface area contributed by atoms with Crippen molar-refractivity contribution in [3.63, 3.8) is 0 Å². The van der Waals surface area contributed by atoms with E-state index in [2.05, 4.69) is 10.2 Å². The van der Waals surface area contributed by atoms with Crippen LogP contribution in [-0.4, -0.2) is 40.3 Å². The summed E-state index contributed by atoms with van der Waals surface area (Å²) in [6, 6.07) is 0. The van der Waals surface area contributed by atoms with Crippen LogP contribution in [0.5, 0.6) is 0 Å². The minimum absolute atomic E-state index is 0.0959. The molecule has 0 unspecified atom stereocenters. The number of piperidine rings is 1. The molecule has 94 valence electrons. The molecular weight excluding hydrogens is 235 g/mol. The van der Waals surface area contributed by atoms with E-state index in [4.69, 9.17) is 0 Å². The molecule has 2 rings (SSSR count). The molecule has 0 bridgehead atoms. The largest absolute Gasteiger partial charge is 0.393 e. The van der Waals surface area contributed by atoms with Crippen LogP contribution in [0, 0.1) is 5.92 Å². The third kappa shape index (κ3) is 2.59. The summed E-state index contributed by atoms with van der Waals surface area (Å²) >= 11 is 0. The van der Waals surface area contributed by atoms with Crippen LogP contribution in [0.3, 0.4) is 0 Å². The van der Waals surface area contributed by atoms with Gasteiger partial charge in [-0.15, -0.1) is 0 Å². The van der Waals surface area contributed by atoms with Crippen molar-refractivity contribution in [1.82, 2.24) is 15.1 Å². The standard InChI is InChI=1S/C10H12F3N3O/c11-10(12,13)8-2-1-3-16(6-8)9(17)7-4-14-15-5-7/h4-5,8H,1-3,6H2,(H,14,15)/t8-/m1/s1. The number of carbonyl (C=O) groups excluding carboxylic acids is 1. The van der Waals surface area contributed by atoms with Gasteiger partial charge in [0.25, 0.3) is 5.91 Å². The predicted octanol–water partition coefficient (Wildman–Crippen LogP) is 1.82. The zero-order valence-electron chi connectivity index (χ0n) is 9.00. The lowest BCUT2D eigenvalue weighted by molar-refractivity contribution is -0.184. The molecule has 0 saturated carbocycles. The van der Waals surface area contributed by atoms with Gasteiger partial charge in [0, 0.05) is 19.3 Å². The Hall–Kier alpha value is -1.53. The molecule has 1 aromatic heterocycles. The minimum atomic E-state index is -4.23. The smallest absolute Gasteiger partial charge is 0.338 e. The van der Waals surface area contributed by atoms with Crippen LogP contribution in [-0.2, 0) is 0 Å². The fraction of sp³-hybridized carbons (Fsp3) is 0.600. The van der Waals surface area contributed by atoms with Crippen LogP contribution in [0.2, 0.25) is 0 Å². The number of rotatable bonds is 1. The normalized spacial score (nSPS) is 21.6. The zero-order valence-corrected chi connectivity index (χ0v) is 9.00. The van der Waals surface area contributed by atoms with Crippen LogP contribution < -0.4 is 0 Å². The van der Waals surface area contributed by atoms with Crippen molar-refractivity contribution >= 4 is 5.91 Å². The molecule has 4 nitrogen and oxygen atoms in total. The van der Waals surface area contributed by atoms with Gasteiger partial charge in [-0.25, -0.2) is 0 Å². The number of carbonyl (C=O) groups is 1. The quantitative estimate of drug-likeness (QED) is 0.823. The van der Waals surface area contributed by atoms with Gasteiger partial charge < -0.3 is 4.90 Å². The molecule has 1 fully saturated rings. The minimum Gasteiger partial charge on any atom is -0.338 e. The molecular formula is C10H12F3N3O. The van der Waals surface area contributed by atoms with Gasteiger partial charge in [0.05, 0.1) is 17.7 Å². The van der Waals surface area contributed by atoms with Crippen molar-refractivity contribution in [1.29, 1.82) is 0 Å². The Labute approximate surface area is 95.8 Å². The summed E-state index contributed by atoms with van der Waals surface area (Å²) in [5, 5.41) is 6.08. The molecule has 0 aliphatic carbocycles. The van der Waals surface area contributed by atoms with Gasteiger partial charge in [-0.05, 0) is 12.8 Å². The topological polar surface area (TPSA) is 49.0 Å². The number of nitrogens with one attached hydrogen (secondary N) is 1. The van der Waals surface area contributed by atoms with Crippen LogP contribution >= 0.6 is 0 Å². The Balaban J connectivity index is 2.05. The fourth-order valence-electron chi connectivity index (χ4n) is 1.98. The average Bonchev–Trinajstić information content (AvgIpc) is 2.80. The number of nitrogens with zero attached hydrogens (tertiary/aromatic N) is 2. The van der Waals surface area contributed by atoms with E-state index in [1.165, 1.54) is 17.3 Å². The molecule has 1 saturated heterocycles. The highest BCUT2D eigenvalue weighted by Gasteiger charge is 2.42. The van der Waals surface area contributed by atoms with Crippen LogP contribution in [0.4, 0.5) is 13.2 Å². The van der Waals surface area contributed by atoms with E-state index in [1.807, 2.05) is 0 Å². The lowest BCUT2D eigenvalue weighted by Gasteiger charge is -2.33. The summed E-state index contributed by atoms with van der Waals surface area (Å²) in [6.45, 7) is 0.115. The summed E-state index contributed by atoms with van der Waals surface area (Å²) in [4.78, 5) is 13.1. The first-order valence-corrected chi connectivity index (χ1v) is 5.33. The van der Waals surface area contributed by atoms with Gasteiger partial charge in [0.15, 0.2) is 0 Å². The number of amides is 1. The molecule has 1 atom stereocenters. The number of hydrogen-bond acceptors (Lipinski definition) is 2. The summed E-state index contributed by atoms with van der Waals surface area (Å²) in [5.41, 5.74) is 0.299. The summed E-state index contributed by atoms with van der Waals surface area (Å²) in [6.07, 6.45) is -1.04. The van der Waals surface area contributed by atoms with E-state index in [9.17, 15) is 18.0 Å². The van der Waals surface area contributed by atoms with Gasteiger partial charge in [-0.2, -0.15) is 18.3 Å². The van der Waals surface area contributed by atoms with E-state index in [1.54, 1.807) is 0 Å². The van der Waals surface area contributed by atoms with Crippen molar-refractivity contribution in [2.75, 3.05) is 13.1 Å². The molecule has 2 heterocycles. The van der Waals surface area contributed by atoms with Gasteiger partial charge in [-0.1, -0.05) is 0 Å². The fourth-order valence-corrected chi connectivity index (χ4v) is 1.98. The Morgan fingerprint density at radius 3 is 2.88 bits per heavy atom. The number of aromatic amines is 1. The lowest BCUT2D eigenvalue weighted by atomic mass is 9.97. The van der Waals surface area contributed by atoms with Crippen molar-refractivity contribution < 1.29 is 18.0 Å². The Morgan fingerprint density at radius 1 is 1.53 bits per heavy atom. The zero-order chi connectivity index (χ0) is 12.5. The second kappa shape index (κ2) is 4.38. The highest BCUT2D eigenvalue weighted by Crippen LogP contribution is 2.33. The summed E-state index contributed by atoms with van der Waals surface area (Å²) in [7, 11) is 0. The highest BCUT2D eigenvalue weighted by molar-refractivity contribution is 5.93. The van der Waals surface area contributed by atoms with E-state index in [0.29, 0.717) is 18.5 Å². The van der Waals surface area contributed by atoms with Crippen molar-refractivity contribution in [2.24, 2.45) is 5.92 Å². The third-order valence-electron chi connectivity index (χ3n) is 2.92. The molecule has 0 radical (unpaired) electrons. The van der Waals surface area contributed by atoms with E-state index in [0.717, 1.165) is 0 Å². The van der Waals surface area contributed by atoms with Crippen LogP contribution in [0.15, 0.2) is 12.4 Å². The maximum absolute atomic E-state index is 12.6. The average molecular weight is 247 g/mol. The van der Waals surface area contributed by atoms with Gasteiger partial charge in [0.1, 0.15) is 0 Å². The van der Waals surface area contributed by atoms with Crippen LogP contribution in [0.1, 0.15) is 23.2 Å². The van der Waals surface area contributed by atoms with Crippen molar-refractivity contribution in [3.8, 4) is 0 Å².